The second-order valence-corrected chi connectivity index (χ2v) is 10.1. The van der Waals surface area contributed by atoms with Gasteiger partial charge in [-0.1, -0.05) is 23.7 Å². The number of aliphatic hydroxyl groups is 1. The van der Waals surface area contributed by atoms with Crippen molar-refractivity contribution in [3.63, 3.8) is 0 Å². The summed E-state index contributed by atoms with van der Waals surface area (Å²) in [5, 5.41) is 12.8. The van der Waals surface area contributed by atoms with Crippen molar-refractivity contribution in [1.82, 2.24) is 9.80 Å². The standard InChI is InChI=1S/C25H30ClFN4O2/c26-21-13-18(4-5-22(21)27)29-24(33)31(11-10-30-9-7-19(32)15-30)23-6-8-25(14-20(23)25)16-2-1-3-17(28)12-16/h1-5,12-13,19-20,23,32H,6-11,14-15,28H2,(H,29,33)/t19-,20?,23?,25?/m1/s1. The number of aliphatic hydroxyl groups excluding tert-OH is 1. The minimum absolute atomic E-state index is 0.0193. The number of amides is 2. The number of urea groups is 1. The van der Waals surface area contributed by atoms with Gasteiger partial charge in [0.05, 0.1) is 11.1 Å². The lowest BCUT2D eigenvalue weighted by atomic mass is 9.93. The van der Waals surface area contributed by atoms with Crippen molar-refractivity contribution >= 4 is 29.0 Å². The SMILES string of the molecule is Nc1cccc(C23CCC(N(CCN4CC[C@@H](O)C4)C(=O)Nc4ccc(F)c(Cl)c4)C2C3)c1. The molecule has 3 unspecified atom stereocenters. The van der Waals surface area contributed by atoms with E-state index in [2.05, 4.69) is 22.3 Å². The molecule has 2 aromatic carbocycles. The average Bonchev–Trinajstić information content (AvgIpc) is 3.19. The van der Waals surface area contributed by atoms with Gasteiger partial charge in [0.25, 0.3) is 0 Å². The molecule has 4 atom stereocenters. The Kier molecular flexibility index (Phi) is 5.97. The molecule has 0 spiro atoms. The van der Waals surface area contributed by atoms with E-state index in [0.717, 1.165) is 37.9 Å². The van der Waals surface area contributed by atoms with E-state index in [1.165, 1.54) is 23.8 Å². The van der Waals surface area contributed by atoms with Crippen LogP contribution in [0, 0.1) is 11.7 Å². The zero-order chi connectivity index (χ0) is 23.2. The van der Waals surface area contributed by atoms with Gasteiger partial charge in [0.2, 0.25) is 0 Å². The number of hydrogen-bond donors (Lipinski definition) is 3. The molecule has 1 heterocycles. The monoisotopic (exact) mass is 472 g/mol. The minimum Gasteiger partial charge on any atom is -0.399 e. The van der Waals surface area contributed by atoms with Crippen LogP contribution in [0.2, 0.25) is 5.02 Å². The fraction of sp³-hybridized carbons (Fsp3) is 0.480. The lowest BCUT2D eigenvalue weighted by Crippen LogP contribution is -2.47. The van der Waals surface area contributed by atoms with Gasteiger partial charge in [-0.25, -0.2) is 9.18 Å². The van der Waals surface area contributed by atoms with Gasteiger partial charge in [0.15, 0.2) is 0 Å². The van der Waals surface area contributed by atoms with E-state index < -0.39 is 5.82 Å². The van der Waals surface area contributed by atoms with Gasteiger partial charge < -0.3 is 21.1 Å². The Morgan fingerprint density at radius 1 is 1.30 bits per heavy atom. The van der Waals surface area contributed by atoms with Gasteiger partial charge in [-0.2, -0.15) is 0 Å². The number of halogens is 2. The van der Waals surface area contributed by atoms with Crippen LogP contribution in [-0.4, -0.2) is 59.3 Å². The number of fused-ring (bicyclic) bond motifs is 1. The molecule has 8 heteroatoms. The zero-order valence-electron chi connectivity index (χ0n) is 18.5. The molecule has 0 bridgehead atoms. The fourth-order valence-corrected chi connectivity index (χ4v) is 6.06. The van der Waals surface area contributed by atoms with E-state index in [1.54, 1.807) is 0 Å². The molecule has 0 radical (unpaired) electrons. The molecule has 2 aromatic rings. The molecule has 2 aliphatic carbocycles. The Morgan fingerprint density at radius 3 is 2.85 bits per heavy atom. The lowest BCUT2D eigenvalue weighted by Gasteiger charge is -2.32. The van der Waals surface area contributed by atoms with E-state index in [9.17, 15) is 14.3 Å². The summed E-state index contributed by atoms with van der Waals surface area (Å²) in [4.78, 5) is 17.6. The maximum atomic E-state index is 13.6. The van der Waals surface area contributed by atoms with E-state index >= 15 is 0 Å². The number of β-amino-alcohol motifs (C(OH)–C–C–N with tert-alkyl or cyclic N) is 1. The molecular formula is C25H30ClFN4O2. The maximum Gasteiger partial charge on any atom is 0.322 e. The highest BCUT2D eigenvalue weighted by Gasteiger charge is 2.64. The smallest absolute Gasteiger partial charge is 0.322 e. The normalized spacial score (nSPS) is 28.5. The molecule has 0 aromatic heterocycles. The molecule has 5 rings (SSSR count). The summed E-state index contributed by atoms with van der Waals surface area (Å²) in [5.41, 5.74) is 8.66. The Labute approximate surface area is 198 Å². The second kappa shape index (κ2) is 8.78. The fourth-order valence-electron chi connectivity index (χ4n) is 5.88. The lowest BCUT2D eigenvalue weighted by molar-refractivity contribution is 0.154. The van der Waals surface area contributed by atoms with Crippen LogP contribution in [-0.2, 0) is 5.41 Å². The number of rotatable bonds is 6. The number of nitrogen functional groups attached to an aromatic ring is 1. The molecule has 2 saturated carbocycles. The Bertz CT molecular complexity index is 1050. The number of carbonyl (C=O) groups is 1. The molecule has 1 saturated heterocycles. The summed E-state index contributed by atoms with van der Waals surface area (Å²) in [6, 6.07) is 12.3. The number of hydrogen-bond acceptors (Lipinski definition) is 4. The van der Waals surface area contributed by atoms with Crippen LogP contribution in [0.25, 0.3) is 0 Å². The van der Waals surface area contributed by atoms with Crippen LogP contribution < -0.4 is 11.1 Å². The van der Waals surface area contributed by atoms with Crippen molar-refractivity contribution in [2.75, 3.05) is 37.2 Å². The van der Waals surface area contributed by atoms with Gasteiger partial charge in [-0.15, -0.1) is 0 Å². The van der Waals surface area contributed by atoms with Gasteiger partial charge in [0, 0.05) is 49.0 Å². The highest BCUT2D eigenvalue weighted by molar-refractivity contribution is 6.31. The maximum absolute atomic E-state index is 13.6. The first-order chi connectivity index (χ1) is 15.9. The molecule has 176 valence electrons. The molecule has 1 aliphatic heterocycles. The van der Waals surface area contributed by atoms with Crippen LogP contribution in [0.3, 0.4) is 0 Å². The van der Waals surface area contributed by atoms with E-state index in [0.29, 0.717) is 31.2 Å². The zero-order valence-corrected chi connectivity index (χ0v) is 19.3. The van der Waals surface area contributed by atoms with Crippen molar-refractivity contribution in [1.29, 1.82) is 0 Å². The summed E-state index contributed by atoms with van der Waals surface area (Å²) in [5.74, 6) is -0.120. The third kappa shape index (κ3) is 4.42. The molecule has 2 amide bonds. The first-order valence-corrected chi connectivity index (χ1v) is 12.0. The molecule has 3 aliphatic rings. The molecular weight excluding hydrogens is 443 g/mol. The molecule has 4 N–H and O–H groups in total. The molecule has 6 nitrogen and oxygen atoms in total. The van der Waals surface area contributed by atoms with Crippen LogP contribution in [0.1, 0.15) is 31.2 Å². The second-order valence-electron chi connectivity index (χ2n) is 9.69. The van der Waals surface area contributed by atoms with Gasteiger partial charge in [-0.3, -0.25) is 4.90 Å². The van der Waals surface area contributed by atoms with Crippen molar-refractivity contribution in [2.45, 2.75) is 43.2 Å². The number of nitrogens with zero attached hydrogens (tertiary/aromatic N) is 2. The van der Waals surface area contributed by atoms with Crippen LogP contribution in [0.4, 0.5) is 20.6 Å². The van der Waals surface area contributed by atoms with Crippen LogP contribution in [0.15, 0.2) is 42.5 Å². The summed E-state index contributed by atoms with van der Waals surface area (Å²) in [6.45, 7) is 2.76. The summed E-state index contributed by atoms with van der Waals surface area (Å²) < 4.78 is 13.6. The largest absolute Gasteiger partial charge is 0.399 e. The van der Waals surface area contributed by atoms with Gasteiger partial charge in [0.1, 0.15) is 5.82 Å². The number of nitrogens with two attached hydrogens (primary N) is 1. The van der Waals surface area contributed by atoms with E-state index in [-0.39, 0.29) is 28.6 Å². The quantitative estimate of drug-likeness (QED) is 0.553. The molecule has 3 fully saturated rings. The van der Waals surface area contributed by atoms with Gasteiger partial charge >= 0.3 is 6.03 Å². The van der Waals surface area contributed by atoms with Gasteiger partial charge in [-0.05, 0) is 67.5 Å². The predicted molar refractivity (Wildman–Crippen MR) is 128 cm³/mol. The van der Waals surface area contributed by atoms with E-state index in [4.69, 9.17) is 17.3 Å². The topological polar surface area (TPSA) is 81.8 Å². The number of nitrogens with one attached hydrogen (secondary N) is 1. The predicted octanol–water partition coefficient (Wildman–Crippen LogP) is 4.08. The highest BCUT2D eigenvalue weighted by Crippen LogP contribution is 2.65. The summed E-state index contributed by atoms with van der Waals surface area (Å²) in [6.07, 6.45) is 3.49. The van der Waals surface area contributed by atoms with Crippen molar-refractivity contribution in [3.05, 3.63) is 58.9 Å². The number of likely N-dealkylation sites (tertiary alicyclic amines) is 1. The first kappa shape index (κ1) is 22.4. The van der Waals surface area contributed by atoms with Crippen molar-refractivity contribution in [3.8, 4) is 0 Å². The third-order valence-electron chi connectivity index (χ3n) is 7.68. The first-order valence-electron chi connectivity index (χ1n) is 11.6. The van der Waals surface area contributed by atoms with Crippen molar-refractivity contribution in [2.24, 2.45) is 5.92 Å². The Morgan fingerprint density at radius 2 is 2.15 bits per heavy atom. The number of benzene rings is 2. The average molecular weight is 473 g/mol. The number of carbonyl (C=O) groups excluding carboxylic acids is 1. The van der Waals surface area contributed by atoms with E-state index in [1.807, 2.05) is 17.0 Å². The number of anilines is 2. The summed E-state index contributed by atoms with van der Waals surface area (Å²) in [7, 11) is 0. The Balaban J connectivity index is 1.33. The highest BCUT2D eigenvalue weighted by atomic mass is 35.5. The Hall–Kier alpha value is -2.35. The molecule has 33 heavy (non-hydrogen) atoms. The minimum atomic E-state index is -0.514. The summed E-state index contributed by atoms with van der Waals surface area (Å²) >= 11 is 5.91. The van der Waals surface area contributed by atoms with Crippen LogP contribution in [0.5, 0.6) is 0 Å². The van der Waals surface area contributed by atoms with Crippen LogP contribution >= 0.6 is 11.6 Å². The van der Waals surface area contributed by atoms with Crippen molar-refractivity contribution < 1.29 is 14.3 Å². The third-order valence-corrected chi connectivity index (χ3v) is 7.97.